The van der Waals surface area contributed by atoms with Crippen molar-refractivity contribution in [3.05, 3.63) is 94.6 Å². The number of ether oxygens (including phenoxy) is 1. The fourth-order valence-corrected chi connectivity index (χ4v) is 3.56. The molecule has 0 aliphatic rings. The molecule has 4 aromatic rings. The highest BCUT2D eigenvalue weighted by molar-refractivity contribution is 5.86. The lowest BCUT2D eigenvalue weighted by Crippen LogP contribution is -2.04. The summed E-state index contributed by atoms with van der Waals surface area (Å²) in [5, 5.41) is 0. The Bertz CT molecular complexity index is 1140. The van der Waals surface area contributed by atoms with E-state index in [0.717, 1.165) is 34.5 Å². The highest BCUT2D eigenvalue weighted by Gasteiger charge is 2.17. The van der Waals surface area contributed by atoms with Crippen molar-refractivity contribution in [1.29, 1.82) is 0 Å². The van der Waals surface area contributed by atoms with Gasteiger partial charge in [0, 0.05) is 24.5 Å². The maximum atomic E-state index is 13.1. The SMILES string of the molecule is Cc1cccc(Cn2c(C)c(C)c3nccc(OCc4ccc(F)cc4)c32)c1.Cl. The van der Waals surface area contributed by atoms with E-state index in [1.807, 2.05) is 6.07 Å². The van der Waals surface area contributed by atoms with Crippen molar-refractivity contribution in [2.45, 2.75) is 33.9 Å². The number of nitrogens with zero attached hydrogens (tertiary/aromatic N) is 2. The van der Waals surface area contributed by atoms with Crippen LogP contribution in [0.2, 0.25) is 0 Å². The van der Waals surface area contributed by atoms with Crippen molar-refractivity contribution in [3.8, 4) is 5.75 Å². The summed E-state index contributed by atoms with van der Waals surface area (Å²) < 4.78 is 21.5. The summed E-state index contributed by atoms with van der Waals surface area (Å²) in [5.41, 5.74) is 7.72. The fourth-order valence-electron chi connectivity index (χ4n) is 3.56. The third-order valence-corrected chi connectivity index (χ3v) is 5.19. The zero-order chi connectivity index (χ0) is 19.7. The number of rotatable bonds is 5. The normalized spacial score (nSPS) is 10.8. The van der Waals surface area contributed by atoms with Gasteiger partial charge in [-0.15, -0.1) is 12.4 Å². The topological polar surface area (TPSA) is 27.1 Å². The van der Waals surface area contributed by atoms with Crippen LogP contribution in [0, 0.1) is 26.6 Å². The van der Waals surface area contributed by atoms with Crippen molar-refractivity contribution in [1.82, 2.24) is 9.55 Å². The highest BCUT2D eigenvalue weighted by Crippen LogP contribution is 2.32. The number of benzene rings is 2. The second kappa shape index (κ2) is 8.66. The van der Waals surface area contributed by atoms with Gasteiger partial charge >= 0.3 is 0 Å². The molecule has 0 spiro atoms. The van der Waals surface area contributed by atoms with Gasteiger partial charge in [0.15, 0.2) is 0 Å². The molecule has 2 heterocycles. The molecule has 5 heteroatoms. The first-order chi connectivity index (χ1) is 13.5. The van der Waals surface area contributed by atoms with Crippen LogP contribution in [0.1, 0.15) is 27.9 Å². The molecule has 0 bridgehead atoms. The van der Waals surface area contributed by atoms with E-state index in [1.54, 1.807) is 18.3 Å². The van der Waals surface area contributed by atoms with E-state index in [4.69, 9.17) is 4.74 Å². The van der Waals surface area contributed by atoms with Crippen molar-refractivity contribution in [2.24, 2.45) is 0 Å². The van der Waals surface area contributed by atoms with E-state index in [9.17, 15) is 4.39 Å². The Kier molecular flexibility index (Phi) is 6.23. The molecular weight excluding hydrogens is 387 g/mol. The molecule has 0 atom stereocenters. The Balaban J connectivity index is 0.00000240. The molecule has 0 unspecified atom stereocenters. The zero-order valence-electron chi connectivity index (χ0n) is 16.8. The molecule has 2 aromatic carbocycles. The largest absolute Gasteiger partial charge is 0.487 e. The Morgan fingerprint density at radius 1 is 0.966 bits per heavy atom. The highest BCUT2D eigenvalue weighted by atomic mass is 35.5. The molecule has 0 saturated heterocycles. The number of hydrogen-bond acceptors (Lipinski definition) is 2. The first kappa shape index (κ1) is 20.9. The maximum Gasteiger partial charge on any atom is 0.147 e. The Morgan fingerprint density at radius 3 is 2.45 bits per heavy atom. The lowest BCUT2D eigenvalue weighted by Gasteiger charge is -2.13. The van der Waals surface area contributed by atoms with Crippen molar-refractivity contribution >= 4 is 23.4 Å². The Labute approximate surface area is 176 Å². The average molecular weight is 411 g/mol. The molecule has 2 aromatic heterocycles. The summed E-state index contributed by atoms with van der Waals surface area (Å²) in [6.45, 7) is 7.47. The molecule has 150 valence electrons. The van der Waals surface area contributed by atoms with Gasteiger partial charge in [-0.2, -0.15) is 0 Å². The molecule has 0 fully saturated rings. The van der Waals surface area contributed by atoms with Gasteiger partial charge in [0.25, 0.3) is 0 Å². The van der Waals surface area contributed by atoms with Gasteiger partial charge in [-0.1, -0.05) is 42.0 Å². The third kappa shape index (κ3) is 4.28. The first-order valence-corrected chi connectivity index (χ1v) is 9.40. The zero-order valence-corrected chi connectivity index (χ0v) is 17.6. The van der Waals surface area contributed by atoms with Crippen molar-refractivity contribution in [3.63, 3.8) is 0 Å². The number of halogens is 2. The van der Waals surface area contributed by atoms with Crippen molar-refractivity contribution in [2.75, 3.05) is 0 Å². The lowest BCUT2D eigenvalue weighted by molar-refractivity contribution is 0.308. The minimum atomic E-state index is -0.242. The summed E-state index contributed by atoms with van der Waals surface area (Å²) in [6.07, 6.45) is 1.78. The van der Waals surface area contributed by atoms with Crippen LogP contribution in [-0.2, 0) is 13.2 Å². The Hall–Kier alpha value is -2.85. The van der Waals surface area contributed by atoms with Gasteiger partial charge in [0.05, 0.1) is 5.52 Å². The summed E-state index contributed by atoms with van der Waals surface area (Å²) in [6, 6.07) is 16.8. The number of hydrogen-bond donors (Lipinski definition) is 0. The summed E-state index contributed by atoms with van der Waals surface area (Å²) >= 11 is 0. The number of fused-ring (bicyclic) bond motifs is 1. The van der Waals surface area contributed by atoms with Crippen LogP contribution in [0.4, 0.5) is 4.39 Å². The average Bonchev–Trinajstić information content (AvgIpc) is 2.93. The van der Waals surface area contributed by atoms with E-state index >= 15 is 0 Å². The van der Waals surface area contributed by atoms with E-state index in [-0.39, 0.29) is 18.2 Å². The summed E-state index contributed by atoms with van der Waals surface area (Å²) in [4.78, 5) is 4.60. The molecule has 0 N–H and O–H groups in total. The molecule has 0 saturated carbocycles. The van der Waals surface area contributed by atoms with Crippen LogP contribution in [0.3, 0.4) is 0 Å². The van der Waals surface area contributed by atoms with E-state index < -0.39 is 0 Å². The van der Waals surface area contributed by atoms with Crippen molar-refractivity contribution < 1.29 is 9.13 Å². The second-order valence-electron chi connectivity index (χ2n) is 7.21. The van der Waals surface area contributed by atoms with Gasteiger partial charge in [-0.3, -0.25) is 4.98 Å². The Morgan fingerprint density at radius 2 is 1.72 bits per heavy atom. The van der Waals surface area contributed by atoms with Crippen LogP contribution in [-0.4, -0.2) is 9.55 Å². The minimum Gasteiger partial charge on any atom is -0.487 e. The van der Waals surface area contributed by atoms with E-state index in [1.165, 1.54) is 29.0 Å². The molecule has 0 aliphatic carbocycles. The van der Waals surface area contributed by atoms with Gasteiger partial charge < -0.3 is 9.30 Å². The summed E-state index contributed by atoms with van der Waals surface area (Å²) in [7, 11) is 0. The van der Waals surface area contributed by atoms with Crippen LogP contribution >= 0.6 is 12.4 Å². The monoisotopic (exact) mass is 410 g/mol. The molecule has 4 rings (SSSR count). The van der Waals surface area contributed by atoms with Gasteiger partial charge in [-0.05, 0) is 49.6 Å². The number of aromatic nitrogens is 2. The summed E-state index contributed by atoms with van der Waals surface area (Å²) in [5.74, 6) is 0.548. The van der Waals surface area contributed by atoms with Crippen LogP contribution in [0.5, 0.6) is 5.75 Å². The molecule has 29 heavy (non-hydrogen) atoms. The predicted octanol–water partition coefficient (Wildman–Crippen LogP) is 6.15. The number of aryl methyl sites for hydroxylation is 2. The van der Waals surface area contributed by atoms with Crippen LogP contribution in [0.25, 0.3) is 11.0 Å². The van der Waals surface area contributed by atoms with Crippen LogP contribution < -0.4 is 4.74 Å². The molecular formula is C24H24ClFN2O. The maximum absolute atomic E-state index is 13.1. The van der Waals surface area contributed by atoms with Gasteiger partial charge in [0.2, 0.25) is 0 Å². The standard InChI is InChI=1S/C24H23FN2O.ClH/c1-16-5-4-6-20(13-16)14-27-18(3)17(2)23-24(27)22(11-12-26-23)28-15-19-7-9-21(25)10-8-19;/h4-13H,14-15H2,1-3H3;1H. The molecule has 0 amide bonds. The van der Waals surface area contributed by atoms with E-state index in [2.05, 4.69) is 54.6 Å². The quantitative estimate of drug-likeness (QED) is 0.394. The minimum absolute atomic E-state index is 0. The first-order valence-electron chi connectivity index (χ1n) is 9.40. The van der Waals surface area contributed by atoms with Crippen LogP contribution in [0.15, 0.2) is 60.8 Å². The van der Waals surface area contributed by atoms with Gasteiger partial charge in [0.1, 0.15) is 23.7 Å². The van der Waals surface area contributed by atoms with Gasteiger partial charge in [-0.25, -0.2) is 4.39 Å². The number of pyridine rings is 1. The third-order valence-electron chi connectivity index (χ3n) is 5.19. The molecule has 3 nitrogen and oxygen atoms in total. The lowest BCUT2D eigenvalue weighted by atomic mass is 10.1. The molecule has 0 aliphatic heterocycles. The predicted molar refractivity (Wildman–Crippen MR) is 117 cm³/mol. The molecule has 0 radical (unpaired) electrons. The second-order valence-corrected chi connectivity index (χ2v) is 7.21. The fraction of sp³-hybridized carbons (Fsp3) is 0.208. The van der Waals surface area contributed by atoms with E-state index in [0.29, 0.717) is 6.61 Å². The smallest absolute Gasteiger partial charge is 0.147 e.